The summed E-state index contributed by atoms with van der Waals surface area (Å²) in [5, 5.41) is 22.9. The molecule has 2 aromatic carbocycles. The summed E-state index contributed by atoms with van der Waals surface area (Å²) in [4.78, 5) is 42.8. The van der Waals surface area contributed by atoms with Gasteiger partial charge in [-0.3, -0.25) is 19.3 Å². The number of allylic oxidation sites excluding steroid dienone is 1. The molecule has 5 rings (SSSR count). The Bertz CT molecular complexity index is 1520. The number of halogens is 2. The van der Waals surface area contributed by atoms with E-state index in [-0.39, 0.29) is 65.0 Å². The highest BCUT2D eigenvalue weighted by Gasteiger charge is 2.40. The zero-order valence-electron chi connectivity index (χ0n) is 27.7. The Labute approximate surface area is 292 Å². The number of hydrogen-bond acceptors (Lipinski definition) is 7. The van der Waals surface area contributed by atoms with Crippen LogP contribution < -0.4 is 5.32 Å². The van der Waals surface area contributed by atoms with Gasteiger partial charge in [-0.2, -0.15) is 0 Å². The van der Waals surface area contributed by atoms with Crippen molar-refractivity contribution in [3.8, 4) is 5.75 Å². The number of ether oxygens (including phenoxy) is 2. The number of carboxylic acids is 1. The Kier molecular flexibility index (Phi) is 12.1. The second kappa shape index (κ2) is 16.0. The van der Waals surface area contributed by atoms with Crippen LogP contribution in [-0.4, -0.2) is 94.4 Å². The number of nitrogens with zero attached hydrogens (tertiary/aromatic N) is 2. The molecule has 2 saturated heterocycles. The summed E-state index contributed by atoms with van der Waals surface area (Å²) >= 11 is 13.3. The van der Waals surface area contributed by atoms with Gasteiger partial charge < -0.3 is 29.9 Å². The summed E-state index contributed by atoms with van der Waals surface area (Å²) in [6.07, 6.45) is 5.14. The quantitative estimate of drug-likeness (QED) is 0.257. The van der Waals surface area contributed by atoms with E-state index in [2.05, 4.69) is 24.1 Å². The maximum absolute atomic E-state index is 14.0. The second-order valence-electron chi connectivity index (χ2n) is 13.2. The molecule has 1 saturated carbocycles. The molecule has 3 aliphatic rings. The van der Waals surface area contributed by atoms with Crippen LogP contribution in [0.1, 0.15) is 64.0 Å². The van der Waals surface area contributed by atoms with Crippen LogP contribution in [0.3, 0.4) is 0 Å². The van der Waals surface area contributed by atoms with Crippen molar-refractivity contribution in [2.45, 2.75) is 89.7 Å². The first-order chi connectivity index (χ1) is 22.9. The van der Waals surface area contributed by atoms with Crippen LogP contribution in [0.25, 0.3) is 5.57 Å². The third kappa shape index (κ3) is 8.71. The number of aromatic hydroxyl groups is 1. The average Bonchev–Trinajstić information content (AvgIpc) is 3.48. The Hall–Kier alpha value is -3.15. The third-order valence-corrected chi connectivity index (χ3v) is 10.3. The lowest BCUT2D eigenvalue weighted by molar-refractivity contribution is -0.144. The first-order valence-electron chi connectivity index (χ1n) is 16.7. The summed E-state index contributed by atoms with van der Waals surface area (Å²) in [5.74, 6) is -1.64. The Morgan fingerprint density at radius 2 is 1.71 bits per heavy atom. The van der Waals surface area contributed by atoms with E-state index in [9.17, 15) is 24.6 Å². The summed E-state index contributed by atoms with van der Waals surface area (Å²) < 4.78 is 12.3. The van der Waals surface area contributed by atoms with Crippen LogP contribution in [0.2, 0.25) is 10.0 Å². The van der Waals surface area contributed by atoms with Gasteiger partial charge in [0.2, 0.25) is 5.91 Å². The van der Waals surface area contributed by atoms with Gasteiger partial charge in [0, 0.05) is 41.8 Å². The molecule has 10 nitrogen and oxygen atoms in total. The smallest absolute Gasteiger partial charge is 0.306 e. The first kappa shape index (κ1) is 36.1. The number of phenolic OH excluding ortho intramolecular Hbond substituents is 1. The van der Waals surface area contributed by atoms with Gasteiger partial charge in [-0.1, -0.05) is 47.5 Å². The van der Waals surface area contributed by atoms with E-state index in [4.69, 9.17) is 32.7 Å². The molecule has 3 fully saturated rings. The number of phenols is 1. The minimum Gasteiger partial charge on any atom is -0.507 e. The lowest BCUT2D eigenvalue weighted by Crippen LogP contribution is -2.51. The van der Waals surface area contributed by atoms with E-state index in [1.165, 1.54) is 6.07 Å². The lowest BCUT2D eigenvalue weighted by Gasteiger charge is -2.38. The molecule has 2 amide bonds. The number of nitrogens with one attached hydrogen (secondary N) is 1. The molecule has 0 bridgehead atoms. The van der Waals surface area contributed by atoms with Gasteiger partial charge in [0.25, 0.3) is 5.91 Å². The van der Waals surface area contributed by atoms with Crippen molar-refractivity contribution in [3.05, 3.63) is 63.6 Å². The van der Waals surface area contributed by atoms with Gasteiger partial charge in [0.05, 0.1) is 54.0 Å². The van der Waals surface area contributed by atoms with E-state index >= 15 is 0 Å². The van der Waals surface area contributed by atoms with Gasteiger partial charge in [0.1, 0.15) is 5.75 Å². The van der Waals surface area contributed by atoms with Crippen molar-refractivity contribution in [1.29, 1.82) is 0 Å². The molecule has 3 N–H and O–H groups in total. The standard InChI is InChI=1S/C36H45Cl2N3O7/c1-4-28(29-7-5-6-8-33(29)42)35(44)39-32-16-30(37)24(13-31(32)38)14-34(43)41-19-25(40-17-21(2)48-22(3)18-40)15-26(41)20-47-27-11-9-23(10-12-27)36(45)46/h4-8,13,16,21-23,25-27,42H,9-12,14-15,17-20H2,1-3H3,(H,39,44)(H,45,46)/t21-,22+,23?,25-,26-,27?/m0/s1. The minimum absolute atomic E-state index is 0.0187. The second-order valence-corrected chi connectivity index (χ2v) is 14.0. The van der Waals surface area contributed by atoms with Gasteiger partial charge in [-0.25, -0.2) is 0 Å². The number of carboxylic acid groups (broad SMARTS) is 1. The fourth-order valence-electron chi connectivity index (χ4n) is 7.24. The summed E-state index contributed by atoms with van der Waals surface area (Å²) in [5.41, 5.74) is 1.49. The minimum atomic E-state index is -0.748. The molecule has 0 unspecified atom stereocenters. The monoisotopic (exact) mass is 701 g/mol. The number of hydrogen-bond donors (Lipinski definition) is 3. The van der Waals surface area contributed by atoms with Gasteiger partial charge in [-0.05, 0) is 76.6 Å². The number of benzene rings is 2. The fourth-order valence-corrected chi connectivity index (χ4v) is 7.71. The van der Waals surface area contributed by atoms with Crippen LogP contribution in [-0.2, 0) is 30.3 Å². The van der Waals surface area contributed by atoms with Crippen LogP contribution in [0.15, 0.2) is 42.5 Å². The molecular weight excluding hydrogens is 657 g/mol. The number of para-hydroxylation sites is 1. The molecule has 0 aromatic heterocycles. The van der Waals surface area contributed by atoms with Crippen molar-refractivity contribution in [2.75, 3.05) is 31.6 Å². The number of likely N-dealkylation sites (tertiary alicyclic amines) is 1. The van der Waals surface area contributed by atoms with E-state index < -0.39 is 11.9 Å². The van der Waals surface area contributed by atoms with Crippen molar-refractivity contribution in [3.63, 3.8) is 0 Å². The third-order valence-electron chi connectivity index (χ3n) is 9.68. The SMILES string of the molecule is CC=C(C(=O)Nc1cc(Cl)c(CC(=O)N2C[C@@H](N3C[C@@H](C)O[C@@H](C)C3)C[C@H]2COC2CCC(C(=O)O)CC2)cc1Cl)c1ccccc1O. The molecule has 2 heterocycles. The lowest BCUT2D eigenvalue weighted by atomic mass is 9.87. The van der Waals surface area contributed by atoms with E-state index in [0.717, 1.165) is 19.5 Å². The number of carbonyl (C=O) groups excluding carboxylic acids is 2. The maximum Gasteiger partial charge on any atom is 0.306 e. The van der Waals surface area contributed by atoms with E-state index in [1.54, 1.807) is 43.3 Å². The maximum atomic E-state index is 14.0. The predicted molar refractivity (Wildman–Crippen MR) is 185 cm³/mol. The van der Waals surface area contributed by atoms with Crippen molar-refractivity contribution < 1.29 is 34.1 Å². The summed E-state index contributed by atoms with van der Waals surface area (Å²) in [7, 11) is 0. The van der Waals surface area contributed by atoms with E-state index in [0.29, 0.717) is 60.7 Å². The Morgan fingerprint density at radius 1 is 1.02 bits per heavy atom. The van der Waals surface area contributed by atoms with Gasteiger partial charge in [0.15, 0.2) is 0 Å². The van der Waals surface area contributed by atoms with Crippen LogP contribution >= 0.6 is 23.2 Å². The van der Waals surface area contributed by atoms with Crippen LogP contribution in [0.4, 0.5) is 5.69 Å². The molecule has 2 aliphatic heterocycles. The summed E-state index contributed by atoms with van der Waals surface area (Å²) in [6, 6.07) is 9.73. The average molecular weight is 703 g/mol. The van der Waals surface area contributed by atoms with Gasteiger partial charge >= 0.3 is 5.97 Å². The van der Waals surface area contributed by atoms with Crippen LogP contribution in [0, 0.1) is 5.92 Å². The number of amides is 2. The molecule has 0 spiro atoms. The molecule has 1 aliphatic carbocycles. The summed E-state index contributed by atoms with van der Waals surface area (Å²) in [6.45, 7) is 8.35. The largest absolute Gasteiger partial charge is 0.507 e. The highest BCUT2D eigenvalue weighted by Crippen LogP contribution is 2.34. The predicted octanol–water partition coefficient (Wildman–Crippen LogP) is 6.02. The Morgan fingerprint density at radius 3 is 2.35 bits per heavy atom. The van der Waals surface area contributed by atoms with Gasteiger partial charge in [-0.15, -0.1) is 0 Å². The molecular formula is C36H45Cl2N3O7. The molecule has 2 aromatic rings. The number of carbonyl (C=O) groups is 3. The van der Waals surface area contributed by atoms with E-state index in [1.807, 2.05) is 4.90 Å². The van der Waals surface area contributed by atoms with Crippen molar-refractivity contribution in [2.24, 2.45) is 5.92 Å². The topological polar surface area (TPSA) is 129 Å². The zero-order chi connectivity index (χ0) is 34.5. The molecule has 4 atom stereocenters. The number of morpholine rings is 1. The highest BCUT2D eigenvalue weighted by molar-refractivity contribution is 6.37. The number of rotatable bonds is 10. The Balaban J connectivity index is 1.27. The molecule has 0 radical (unpaired) electrons. The normalized spacial score (nSPS) is 26.8. The molecule has 12 heteroatoms. The van der Waals surface area contributed by atoms with Crippen molar-refractivity contribution in [1.82, 2.24) is 9.80 Å². The molecule has 260 valence electrons. The van der Waals surface area contributed by atoms with Crippen LogP contribution in [0.5, 0.6) is 5.75 Å². The molecule has 48 heavy (non-hydrogen) atoms. The zero-order valence-corrected chi connectivity index (χ0v) is 29.2. The number of anilines is 1. The highest BCUT2D eigenvalue weighted by atomic mass is 35.5. The van der Waals surface area contributed by atoms with Crippen molar-refractivity contribution >= 4 is 52.2 Å². The number of aliphatic carboxylic acids is 1. The first-order valence-corrected chi connectivity index (χ1v) is 17.5. The fraction of sp³-hybridized carbons (Fsp3) is 0.528.